The van der Waals surface area contributed by atoms with E-state index in [9.17, 15) is 4.79 Å². The van der Waals surface area contributed by atoms with Crippen molar-refractivity contribution < 1.29 is 14.0 Å². The molecule has 0 aliphatic rings. The largest absolute Gasteiger partial charge is 0.543 e. The number of carbonyl (C=O) groups is 1. The van der Waals surface area contributed by atoms with Crippen LogP contribution in [0.25, 0.3) is 10.9 Å². The number of hydrogen-bond acceptors (Lipinski definition) is 3. The number of hydrogen-bond donors (Lipinski definition) is 1. The molecule has 1 N–H and O–H groups in total. The lowest BCUT2D eigenvalue weighted by atomic mass is 10.2. The maximum Gasteiger partial charge on any atom is 0.354 e. The van der Waals surface area contributed by atoms with Gasteiger partial charge in [0.15, 0.2) is 0 Å². The molecule has 120 valence electrons. The van der Waals surface area contributed by atoms with Crippen molar-refractivity contribution in [3.8, 4) is 5.75 Å². The summed E-state index contributed by atoms with van der Waals surface area (Å²) in [4.78, 5) is 15.0. The van der Waals surface area contributed by atoms with Crippen molar-refractivity contribution >= 4 is 25.2 Å². The van der Waals surface area contributed by atoms with Gasteiger partial charge in [-0.1, -0.05) is 26.8 Å². The minimum absolute atomic E-state index is 0.120. The molecule has 0 aliphatic heterocycles. The number of H-pyrrole nitrogens is 1. The van der Waals surface area contributed by atoms with Crippen molar-refractivity contribution in [2.45, 2.75) is 45.8 Å². The molecule has 22 heavy (non-hydrogen) atoms. The molecule has 5 heteroatoms. The van der Waals surface area contributed by atoms with Crippen LogP contribution < -0.4 is 4.43 Å². The Balaban J connectivity index is 2.41. The number of fused-ring (bicyclic) bond motifs is 1. The van der Waals surface area contributed by atoms with Crippen molar-refractivity contribution in [1.82, 2.24) is 4.98 Å². The molecule has 0 spiro atoms. The Morgan fingerprint density at radius 2 is 1.95 bits per heavy atom. The van der Waals surface area contributed by atoms with Gasteiger partial charge in [0.05, 0.1) is 6.61 Å². The zero-order valence-corrected chi connectivity index (χ0v) is 15.2. The third kappa shape index (κ3) is 3.19. The predicted molar refractivity (Wildman–Crippen MR) is 92.1 cm³/mol. The molecule has 0 aliphatic carbocycles. The van der Waals surface area contributed by atoms with Gasteiger partial charge in [-0.3, -0.25) is 0 Å². The summed E-state index contributed by atoms with van der Waals surface area (Å²) in [7, 11) is -1.93. The Bertz CT molecular complexity index is 683. The smallest absolute Gasteiger partial charge is 0.354 e. The second-order valence-corrected chi connectivity index (χ2v) is 11.7. The lowest BCUT2D eigenvalue weighted by molar-refractivity contribution is 0.0520. The van der Waals surface area contributed by atoms with Crippen LogP contribution in [0.4, 0.5) is 0 Å². The van der Waals surface area contributed by atoms with E-state index in [1.54, 1.807) is 6.92 Å². The molecule has 0 bridgehead atoms. The van der Waals surface area contributed by atoms with E-state index in [4.69, 9.17) is 9.16 Å². The Labute approximate surface area is 132 Å². The van der Waals surface area contributed by atoms with Crippen molar-refractivity contribution in [3.63, 3.8) is 0 Å². The van der Waals surface area contributed by atoms with Gasteiger partial charge in [0.1, 0.15) is 11.4 Å². The SMILES string of the molecule is CCOC(=O)c1cc2c(O[Si](C)(C)C(C)(C)C)cccc2[nH]1. The fourth-order valence-corrected chi connectivity index (χ4v) is 3.00. The van der Waals surface area contributed by atoms with E-state index in [0.29, 0.717) is 12.3 Å². The van der Waals surface area contributed by atoms with E-state index >= 15 is 0 Å². The van der Waals surface area contributed by atoms with Gasteiger partial charge in [-0.15, -0.1) is 0 Å². The highest BCUT2D eigenvalue weighted by Gasteiger charge is 2.39. The Morgan fingerprint density at radius 3 is 2.55 bits per heavy atom. The lowest BCUT2D eigenvalue weighted by Gasteiger charge is -2.36. The Morgan fingerprint density at radius 1 is 1.27 bits per heavy atom. The zero-order chi connectivity index (χ0) is 16.5. The summed E-state index contributed by atoms with van der Waals surface area (Å²) in [6, 6.07) is 7.66. The number of rotatable bonds is 4. The van der Waals surface area contributed by atoms with Crippen LogP contribution >= 0.6 is 0 Å². The fraction of sp³-hybridized carbons (Fsp3) is 0.471. The topological polar surface area (TPSA) is 51.3 Å². The second-order valence-electron chi connectivity index (χ2n) is 6.98. The van der Waals surface area contributed by atoms with Gasteiger partial charge in [0, 0.05) is 10.9 Å². The number of benzene rings is 1. The molecule has 0 saturated carbocycles. The monoisotopic (exact) mass is 319 g/mol. The molecule has 0 amide bonds. The van der Waals surface area contributed by atoms with Crippen LogP contribution in [-0.4, -0.2) is 25.9 Å². The number of carbonyl (C=O) groups excluding carboxylic acids is 1. The van der Waals surface area contributed by atoms with Gasteiger partial charge in [-0.25, -0.2) is 4.79 Å². The van der Waals surface area contributed by atoms with Crippen LogP contribution in [-0.2, 0) is 4.74 Å². The molecule has 2 rings (SSSR count). The summed E-state index contributed by atoms with van der Waals surface area (Å²) in [5.41, 5.74) is 1.35. The van der Waals surface area contributed by atoms with Crippen LogP contribution in [0.2, 0.25) is 18.1 Å². The molecule has 1 aromatic heterocycles. The summed E-state index contributed by atoms with van der Waals surface area (Å²) in [6.45, 7) is 13.2. The molecule has 0 radical (unpaired) electrons. The van der Waals surface area contributed by atoms with Crippen molar-refractivity contribution in [3.05, 3.63) is 30.0 Å². The Hall–Kier alpha value is -1.75. The highest BCUT2D eigenvalue weighted by Crippen LogP contribution is 2.39. The summed E-state index contributed by atoms with van der Waals surface area (Å²) in [5, 5.41) is 1.05. The first kappa shape index (κ1) is 16.6. The van der Waals surface area contributed by atoms with Gasteiger partial charge < -0.3 is 14.1 Å². The van der Waals surface area contributed by atoms with Crippen molar-refractivity contribution in [2.75, 3.05) is 6.61 Å². The molecule has 1 aromatic carbocycles. The lowest BCUT2D eigenvalue weighted by Crippen LogP contribution is -2.43. The van der Waals surface area contributed by atoms with E-state index in [0.717, 1.165) is 16.7 Å². The zero-order valence-electron chi connectivity index (χ0n) is 14.2. The first-order chi connectivity index (χ1) is 10.2. The van der Waals surface area contributed by atoms with Crippen molar-refractivity contribution in [2.24, 2.45) is 0 Å². The summed E-state index contributed by atoms with van der Waals surface area (Å²) in [6.07, 6.45) is 0. The average Bonchev–Trinajstić information content (AvgIpc) is 2.82. The van der Waals surface area contributed by atoms with Crippen LogP contribution in [0.1, 0.15) is 38.2 Å². The van der Waals surface area contributed by atoms with Gasteiger partial charge in [-0.2, -0.15) is 0 Å². The normalized spacial score (nSPS) is 12.5. The highest BCUT2D eigenvalue weighted by molar-refractivity contribution is 6.74. The maximum atomic E-state index is 11.9. The van der Waals surface area contributed by atoms with E-state index in [1.807, 2.05) is 24.3 Å². The van der Waals surface area contributed by atoms with Gasteiger partial charge in [-0.05, 0) is 43.3 Å². The van der Waals surface area contributed by atoms with Crippen molar-refractivity contribution in [1.29, 1.82) is 0 Å². The third-order valence-corrected chi connectivity index (χ3v) is 8.63. The quantitative estimate of drug-likeness (QED) is 0.655. The molecule has 1 heterocycles. The van der Waals surface area contributed by atoms with Crippen LogP contribution in [0.5, 0.6) is 5.75 Å². The standard InChI is InChI=1S/C17H25NO3Si/c1-7-20-16(19)14-11-12-13(18-14)9-8-10-15(12)21-22(5,6)17(2,3)4/h8-11,18H,7H2,1-6H3. The Kier molecular flexibility index (Phi) is 4.38. The second kappa shape index (κ2) is 5.80. The number of aromatic amines is 1. The summed E-state index contributed by atoms with van der Waals surface area (Å²) < 4.78 is 11.4. The third-order valence-electron chi connectivity index (χ3n) is 4.29. The van der Waals surface area contributed by atoms with Gasteiger partial charge in [0.25, 0.3) is 8.32 Å². The first-order valence-electron chi connectivity index (χ1n) is 7.63. The molecular weight excluding hydrogens is 294 g/mol. The fourth-order valence-electron chi connectivity index (χ4n) is 1.96. The number of esters is 1. The molecule has 0 saturated heterocycles. The minimum Gasteiger partial charge on any atom is -0.543 e. The number of ether oxygens (including phenoxy) is 1. The summed E-state index contributed by atoms with van der Waals surface area (Å²) >= 11 is 0. The van der Waals surface area contributed by atoms with Crippen LogP contribution in [0.15, 0.2) is 24.3 Å². The average molecular weight is 319 g/mol. The van der Waals surface area contributed by atoms with E-state index in [-0.39, 0.29) is 11.0 Å². The first-order valence-corrected chi connectivity index (χ1v) is 10.5. The van der Waals surface area contributed by atoms with Gasteiger partial charge >= 0.3 is 5.97 Å². The molecule has 2 aromatic rings. The minimum atomic E-state index is -1.93. The van der Waals surface area contributed by atoms with Gasteiger partial charge in [0.2, 0.25) is 0 Å². The maximum absolute atomic E-state index is 11.9. The van der Waals surface area contributed by atoms with Crippen LogP contribution in [0.3, 0.4) is 0 Å². The predicted octanol–water partition coefficient (Wildman–Crippen LogP) is 4.73. The van der Waals surface area contributed by atoms with E-state index in [2.05, 4.69) is 38.8 Å². The number of nitrogens with one attached hydrogen (secondary N) is 1. The molecule has 4 nitrogen and oxygen atoms in total. The summed E-state index contributed by atoms with van der Waals surface area (Å²) in [5.74, 6) is 0.493. The van der Waals surface area contributed by atoms with E-state index in [1.165, 1.54) is 0 Å². The van der Waals surface area contributed by atoms with E-state index < -0.39 is 8.32 Å². The highest BCUT2D eigenvalue weighted by atomic mass is 28.4. The number of aromatic nitrogens is 1. The van der Waals surface area contributed by atoms with Crippen LogP contribution in [0, 0.1) is 0 Å². The molecule has 0 unspecified atom stereocenters. The molecule has 0 fully saturated rings. The molecular formula is C17H25NO3Si. The molecule has 0 atom stereocenters.